The largest absolute Gasteiger partial charge is 0.466 e. The van der Waals surface area contributed by atoms with Crippen LogP contribution in [0.5, 0.6) is 0 Å². The molecule has 1 heterocycles. The van der Waals surface area contributed by atoms with Crippen LogP contribution in [0.4, 0.5) is 5.69 Å². The van der Waals surface area contributed by atoms with Gasteiger partial charge in [0.05, 0.1) is 19.1 Å². The van der Waals surface area contributed by atoms with Crippen LogP contribution in [0.25, 0.3) is 22.6 Å². The number of fused-ring (bicyclic) bond motifs is 1. The molecule has 1 aromatic heterocycles. The molecule has 0 spiro atoms. The molecule has 0 aliphatic heterocycles. The third-order valence-electron chi connectivity index (χ3n) is 5.97. The molecule has 0 aliphatic carbocycles. The van der Waals surface area contributed by atoms with E-state index in [2.05, 4.69) is 41.6 Å². The first-order valence-electron chi connectivity index (χ1n) is 12.7. The number of nitrogens with zero attached hydrogens (tertiary/aromatic N) is 1. The van der Waals surface area contributed by atoms with Crippen molar-refractivity contribution in [2.75, 3.05) is 18.5 Å². The van der Waals surface area contributed by atoms with Crippen molar-refractivity contribution in [2.24, 2.45) is 5.92 Å². The molecule has 4 rings (SSSR count). The number of aromatic nitrogens is 1. The van der Waals surface area contributed by atoms with E-state index in [4.69, 9.17) is 9.15 Å². The molecular formula is C30H33N3O4. The number of nitrogens with one attached hydrogen (secondary N) is 2. The first kappa shape index (κ1) is 25.9. The molecule has 0 unspecified atom stereocenters. The van der Waals surface area contributed by atoms with Crippen molar-refractivity contribution >= 4 is 28.7 Å². The second-order valence-electron chi connectivity index (χ2n) is 9.32. The van der Waals surface area contributed by atoms with E-state index in [1.54, 1.807) is 19.1 Å². The van der Waals surface area contributed by atoms with Gasteiger partial charge < -0.3 is 19.8 Å². The fourth-order valence-corrected chi connectivity index (χ4v) is 4.14. The molecule has 7 heteroatoms. The Balaban J connectivity index is 1.41. The molecule has 1 atom stereocenters. The number of rotatable bonds is 11. The fourth-order valence-electron chi connectivity index (χ4n) is 4.14. The van der Waals surface area contributed by atoms with Gasteiger partial charge in [-0.15, -0.1) is 0 Å². The predicted molar refractivity (Wildman–Crippen MR) is 145 cm³/mol. The van der Waals surface area contributed by atoms with E-state index >= 15 is 0 Å². The van der Waals surface area contributed by atoms with E-state index in [9.17, 15) is 9.59 Å². The van der Waals surface area contributed by atoms with Crippen LogP contribution in [0.15, 0.2) is 77.2 Å². The zero-order valence-corrected chi connectivity index (χ0v) is 21.5. The van der Waals surface area contributed by atoms with Crippen molar-refractivity contribution in [1.29, 1.82) is 0 Å². The van der Waals surface area contributed by atoms with E-state index in [0.717, 1.165) is 34.3 Å². The Morgan fingerprint density at radius 1 is 0.973 bits per heavy atom. The van der Waals surface area contributed by atoms with Crippen LogP contribution >= 0.6 is 0 Å². The first-order chi connectivity index (χ1) is 17.9. The van der Waals surface area contributed by atoms with Crippen LogP contribution < -0.4 is 10.6 Å². The van der Waals surface area contributed by atoms with Crippen molar-refractivity contribution < 1.29 is 18.7 Å². The molecule has 37 heavy (non-hydrogen) atoms. The lowest BCUT2D eigenvalue weighted by Crippen LogP contribution is -2.26. The fraction of sp³-hybridized carbons (Fsp3) is 0.300. The van der Waals surface area contributed by atoms with Gasteiger partial charge in [-0.1, -0.05) is 38.1 Å². The smallest absolute Gasteiger partial charge is 0.307 e. The number of hydrogen-bond donors (Lipinski definition) is 2. The number of carbonyl (C=O) groups excluding carboxylic acids is 2. The summed E-state index contributed by atoms with van der Waals surface area (Å²) in [7, 11) is 0. The quantitative estimate of drug-likeness (QED) is 0.233. The molecule has 1 amide bonds. The van der Waals surface area contributed by atoms with Crippen molar-refractivity contribution in [3.8, 4) is 11.5 Å². The Morgan fingerprint density at radius 3 is 2.38 bits per heavy atom. The number of carbonyl (C=O) groups is 2. The summed E-state index contributed by atoms with van der Waals surface area (Å²) in [5.74, 6) is 0.556. The molecule has 3 aromatic carbocycles. The van der Waals surface area contributed by atoms with Gasteiger partial charge in [-0.25, -0.2) is 4.98 Å². The standard InChI is InChI=1S/C30H33N3O4/c1-4-36-28(34)17-18-31-29(35)22-13-15-24(16-14-22)32-26(19-20(2)3)21-9-11-23(12-10-21)30-33-25-7-5-6-8-27(25)37-30/h5-16,20,26,32H,4,17-19H2,1-3H3,(H,31,35)/t26-/m0/s1. The van der Waals surface area contributed by atoms with E-state index < -0.39 is 0 Å². The molecule has 2 N–H and O–H groups in total. The molecule has 4 aromatic rings. The normalized spacial score (nSPS) is 11.9. The van der Waals surface area contributed by atoms with Gasteiger partial charge in [-0.05, 0) is 73.4 Å². The van der Waals surface area contributed by atoms with E-state index in [1.165, 1.54) is 0 Å². The maximum absolute atomic E-state index is 12.4. The highest BCUT2D eigenvalue weighted by Gasteiger charge is 2.16. The van der Waals surface area contributed by atoms with Gasteiger partial charge in [0.15, 0.2) is 5.58 Å². The van der Waals surface area contributed by atoms with Gasteiger partial charge in [0, 0.05) is 23.4 Å². The van der Waals surface area contributed by atoms with E-state index in [0.29, 0.717) is 24.0 Å². The minimum atomic E-state index is -0.319. The average molecular weight is 500 g/mol. The molecule has 0 saturated heterocycles. The minimum Gasteiger partial charge on any atom is -0.466 e. The molecular weight excluding hydrogens is 466 g/mol. The maximum Gasteiger partial charge on any atom is 0.307 e. The third kappa shape index (κ3) is 6.97. The molecule has 0 fully saturated rings. The summed E-state index contributed by atoms with van der Waals surface area (Å²) in [6.45, 7) is 6.73. The van der Waals surface area contributed by atoms with Crippen molar-refractivity contribution in [1.82, 2.24) is 10.3 Å². The van der Waals surface area contributed by atoms with Crippen LogP contribution in [-0.4, -0.2) is 30.0 Å². The van der Waals surface area contributed by atoms with Crippen LogP contribution in [0, 0.1) is 5.92 Å². The second kappa shape index (κ2) is 12.2. The Kier molecular flexibility index (Phi) is 8.56. The summed E-state index contributed by atoms with van der Waals surface area (Å²) in [6, 6.07) is 23.5. The van der Waals surface area contributed by atoms with Gasteiger partial charge in [-0.2, -0.15) is 0 Å². The van der Waals surface area contributed by atoms with Gasteiger partial charge in [-0.3, -0.25) is 9.59 Å². The first-order valence-corrected chi connectivity index (χ1v) is 12.7. The lowest BCUT2D eigenvalue weighted by molar-refractivity contribution is -0.142. The molecule has 0 bridgehead atoms. The lowest BCUT2D eigenvalue weighted by atomic mass is 9.95. The monoisotopic (exact) mass is 499 g/mol. The summed E-state index contributed by atoms with van der Waals surface area (Å²) in [4.78, 5) is 28.4. The topological polar surface area (TPSA) is 93.5 Å². The highest BCUT2D eigenvalue weighted by Crippen LogP contribution is 2.29. The van der Waals surface area contributed by atoms with Crippen molar-refractivity contribution in [3.63, 3.8) is 0 Å². The summed E-state index contributed by atoms with van der Waals surface area (Å²) in [6.07, 6.45) is 1.10. The predicted octanol–water partition coefficient (Wildman–Crippen LogP) is 6.38. The van der Waals surface area contributed by atoms with Crippen LogP contribution in [0.2, 0.25) is 0 Å². The average Bonchev–Trinajstić information content (AvgIpc) is 3.33. The molecule has 7 nitrogen and oxygen atoms in total. The number of benzene rings is 3. The molecule has 0 radical (unpaired) electrons. The number of anilines is 1. The number of amides is 1. The van der Waals surface area contributed by atoms with Crippen LogP contribution in [0.1, 0.15) is 55.6 Å². The Bertz CT molecular complexity index is 1290. The van der Waals surface area contributed by atoms with Gasteiger partial charge in [0.2, 0.25) is 5.89 Å². The summed E-state index contributed by atoms with van der Waals surface area (Å²) in [5.41, 5.74) is 5.18. The lowest BCUT2D eigenvalue weighted by Gasteiger charge is -2.22. The number of oxazole rings is 1. The Hall–Kier alpha value is -4.13. The van der Waals surface area contributed by atoms with Crippen LogP contribution in [-0.2, 0) is 9.53 Å². The highest BCUT2D eigenvalue weighted by molar-refractivity contribution is 5.94. The van der Waals surface area contributed by atoms with Crippen LogP contribution in [0.3, 0.4) is 0 Å². The summed E-state index contributed by atoms with van der Waals surface area (Å²) < 4.78 is 10.8. The van der Waals surface area contributed by atoms with Gasteiger partial charge in [0.1, 0.15) is 5.52 Å². The highest BCUT2D eigenvalue weighted by atomic mass is 16.5. The second-order valence-corrected chi connectivity index (χ2v) is 9.32. The number of ether oxygens (including phenoxy) is 1. The van der Waals surface area contributed by atoms with E-state index in [-0.39, 0.29) is 30.9 Å². The molecule has 0 saturated carbocycles. The Labute approximate surface area is 217 Å². The number of hydrogen-bond acceptors (Lipinski definition) is 6. The Morgan fingerprint density at radius 2 is 1.70 bits per heavy atom. The van der Waals surface area contributed by atoms with Crippen molar-refractivity contribution in [2.45, 2.75) is 39.7 Å². The van der Waals surface area contributed by atoms with E-state index in [1.807, 2.05) is 48.5 Å². The number of para-hydroxylation sites is 2. The van der Waals surface area contributed by atoms with Gasteiger partial charge >= 0.3 is 5.97 Å². The molecule has 0 aliphatic rings. The minimum absolute atomic E-state index is 0.0990. The summed E-state index contributed by atoms with van der Waals surface area (Å²) >= 11 is 0. The zero-order chi connectivity index (χ0) is 26.2. The van der Waals surface area contributed by atoms with Gasteiger partial charge in [0.25, 0.3) is 5.91 Å². The maximum atomic E-state index is 12.4. The summed E-state index contributed by atoms with van der Waals surface area (Å²) in [5, 5.41) is 6.37. The SMILES string of the molecule is CCOC(=O)CCNC(=O)c1ccc(N[C@@H](CC(C)C)c2ccc(-c3nc4ccccc4o3)cc2)cc1. The molecule has 192 valence electrons. The van der Waals surface area contributed by atoms with Crippen molar-refractivity contribution in [3.05, 3.63) is 83.9 Å². The zero-order valence-electron chi connectivity index (χ0n) is 21.5. The third-order valence-corrected chi connectivity index (χ3v) is 5.97. The number of esters is 1.